The first-order valence-corrected chi connectivity index (χ1v) is 8.88. The van der Waals surface area contributed by atoms with Gasteiger partial charge in [-0.1, -0.05) is 12.1 Å². The lowest BCUT2D eigenvalue weighted by Gasteiger charge is -2.46. The number of hydrogen-bond donors (Lipinski definition) is 0. The number of pyridine rings is 1. The summed E-state index contributed by atoms with van der Waals surface area (Å²) in [5, 5.41) is 0. The fourth-order valence-electron chi connectivity index (χ4n) is 3.86. The zero-order valence-electron chi connectivity index (χ0n) is 15.0. The number of para-hydroxylation sites is 1. The largest absolute Gasteiger partial charge is 0.486 e. The molecule has 27 heavy (non-hydrogen) atoms. The summed E-state index contributed by atoms with van der Waals surface area (Å²) >= 11 is 0. The molecule has 1 aromatic carbocycles. The number of carbonyl (C=O) groups excluding carboxylic acids is 1. The molecule has 142 valence electrons. The maximum Gasteiger partial charge on any atom is 0.339 e. The maximum atomic E-state index is 14.7. The highest BCUT2D eigenvalue weighted by Gasteiger charge is 2.51. The molecule has 1 aromatic heterocycles. The van der Waals surface area contributed by atoms with Crippen LogP contribution in [-0.2, 0) is 10.7 Å². The minimum atomic E-state index is -2.89. The molecule has 1 saturated heterocycles. The van der Waals surface area contributed by atoms with E-state index >= 15 is 0 Å². The number of esters is 1. The Kier molecular flexibility index (Phi) is 4.25. The molecular formula is C20H20F2N2O3. The third-order valence-electron chi connectivity index (χ3n) is 5.32. The zero-order valence-corrected chi connectivity index (χ0v) is 15.0. The highest BCUT2D eigenvalue weighted by Crippen LogP contribution is 2.50. The number of piperidine rings is 1. The van der Waals surface area contributed by atoms with Crippen LogP contribution in [0.3, 0.4) is 0 Å². The topological polar surface area (TPSA) is 51.7 Å². The van der Waals surface area contributed by atoms with Crippen molar-refractivity contribution in [2.24, 2.45) is 0 Å². The van der Waals surface area contributed by atoms with Crippen molar-refractivity contribution >= 4 is 11.8 Å². The van der Waals surface area contributed by atoms with Crippen LogP contribution in [0.25, 0.3) is 0 Å². The fraction of sp³-hybridized carbons (Fsp3) is 0.400. The first-order valence-electron chi connectivity index (χ1n) is 8.88. The Morgan fingerprint density at radius 2 is 1.93 bits per heavy atom. The van der Waals surface area contributed by atoms with Gasteiger partial charge >= 0.3 is 5.97 Å². The monoisotopic (exact) mass is 374 g/mol. The van der Waals surface area contributed by atoms with E-state index in [-0.39, 0.29) is 17.7 Å². The predicted molar refractivity (Wildman–Crippen MR) is 95.3 cm³/mol. The highest BCUT2D eigenvalue weighted by molar-refractivity contribution is 5.89. The van der Waals surface area contributed by atoms with Crippen molar-refractivity contribution in [3.63, 3.8) is 0 Å². The van der Waals surface area contributed by atoms with Crippen molar-refractivity contribution < 1.29 is 23.0 Å². The fourth-order valence-corrected chi connectivity index (χ4v) is 3.86. The molecule has 1 fully saturated rings. The molecule has 0 aliphatic carbocycles. The molecule has 0 amide bonds. The molecule has 4 rings (SSSR count). The number of carbonyl (C=O) groups is 1. The minimum absolute atomic E-state index is 0.0295. The van der Waals surface area contributed by atoms with Crippen molar-refractivity contribution in [2.45, 2.75) is 30.8 Å². The van der Waals surface area contributed by atoms with E-state index in [2.05, 4.69) is 9.72 Å². The van der Waals surface area contributed by atoms with Crippen LogP contribution < -0.4 is 9.64 Å². The molecule has 2 aromatic rings. The molecule has 0 atom stereocenters. The van der Waals surface area contributed by atoms with Crippen LogP contribution in [0.2, 0.25) is 0 Å². The lowest BCUT2D eigenvalue weighted by atomic mass is 9.81. The summed E-state index contributed by atoms with van der Waals surface area (Å²) in [4.78, 5) is 17.8. The Hall–Kier alpha value is -2.70. The van der Waals surface area contributed by atoms with Crippen molar-refractivity contribution in [2.75, 3.05) is 25.1 Å². The van der Waals surface area contributed by atoms with E-state index in [1.165, 1.54) is 19.4 Å². The number of benzene rings is 1. The Morgan fingerprint density at radius 3 is 2.59 bits per heavy atom. The van der Waals surface area contributed by atoms with Crippen molar-refractivity contribution in [1.29, 1.82) is 0 Å². The molecule has 5 nitrogen and oxygen atoms in total. The van der Waals surface area contributed by atoms with Gasteiger partial charge < -0.3 is 14.4 Å². The summed E-state index contributed by atoms with van der Waals surface area (Å²) in [5.41, 5.74) is -0.514. The van der Waals surface area contributed by atoms with E-state index in [0.717, 1.165) is 0 Å². The number of fused-ring (bicyclic) bond motifs is 1. The van der Waals surface area contributed by atoms with E-state index in [0.29, 0.717) is 37.3 Å². The Balaban J connectivity index is 1.48. The van der Waals surface area contributed by atoms with Crippen LogP contribution in [0.1, 0.15) is 35.2 Å². The summed E-state index contributed by atoms with van der Waals surface area (Å²) in [6, 6.07) is 9.78. The van der Waals surface area contributed by atoms with Gasteiger partial charge in [0.2, 0.25) is 0 Å². The smallest absolute Gasteiger partial charge is 0.339 e. The molecule has 2 aliphatic heterocycles. The van der Waals surface area contributed by atoms with Gasteiger partial charge in [-0.2, -0.15) is 0 Å². The number of methoxy groups -OCH3 is 1. The molecule has 0 unspecified atom stereocenters. The second kappa shape index (κ2) is 6.48. The molecule has 7 heteroatoms. The molecule has 0 N–H and O–H groups in total. The third kappa shape index (κ3) is 3.22. The van der Waals surface area contributed by atoms with Gasteiger partial charge in [-0.05, 0) is 24.3 Å². The van der Waals surface area contributed by atoms with Gasteiger partial charge in [-0.15, -0.1) is 0 Å². The van der Waals surface area contributed by atoms with Gasteiger partial charge in [0.25, 0.3) is 5.92 Å². The predicted octanol–water partition coefficient (Wildman–Crippen LogP) is 3.78. The van der Waals surface area contributed by atoms with E-state index in [1.807, 2.05) is 4.90 Å². The van der Waals surface area contributed by atoms with E-state index in [9.17, 15) is 13.6 Å². The van der Waals surface area contributed by atoms with Crippen LogP contribution in [0, 0.1) is 0 Å². The molecule has 0 saturated carbocycles. The minimum Gasteiger partial charge on any atom is -0.486 e. The summed E-state index contributed by atoms with van der Waals surface area (Å²) in [5.74, 6) is -2.34. The van der Waals surface area contributed by atoms with Crippen molar-refractivity contribution in [3.05, 3.63) is 53.7 Å². The lowest BCUT2D eigenvalue weighted by Crippen LogP contribution is -2.52. The van der Waals surface area contributed by atoms with Crippen LogP contribution in [0.15, 0.2) is 42.6 Å². The Morgan fingerprint density at radius 1 is 1.19 bits per heavy atom. The maximum absolute atomic E-state index is 14.7. The SMILES string of the molecule is COC(=O)c1ccc(N2CCC3(CC2)CC(F)(F)c2ccccc2O3)nc1. The first-order chi connectivity index (χ1) is 12.9. The summed E-state index contributed by atoms with van der Waals surface area (Å²) in [7, 11) is 1.32. The molecule has 1 spiro atoms. The lowest BCUT2D eigenvalue weighted by molar-refractivity contribution is -0.114. The summed E-state index contributed by atoms with van der Waals surface area (Å²) in [6.07, 6.45) is 2.13. The average molecular weight is 374 g/mol. The van der Waals surface area contributed by atoms with Crippen molar-refractivity contribution in [1.82, 2.24) is 4.98 Å². The van der Waals surface area contributed by atoms with Gasteiger partial charge in [0.05, 0.1) is 24.7 Å². The van der Waals surface area contributed by atoms with Crippen LogP contribution in [0.5, 0.6) is 5.75 Å². The third-order valence-corrected chi connectivity index (χ3v) is 5.32. The molecule has 2 aliphatic rings. The summed E-state index contributed by atoms with van der Waals surface area (Å²) < 4.78 is 40.0. The number of rotatable bonds is 2. The second-order valence-corrected chi connectivity index (χ2v) is 7.05. The standard InChI is InChI=1S/C20H20F2N2O3/c1-26-18(25)14-6-7-17(23-12-14)24-10-8-19(9-11-24)13-20(21,22)15-4-2-3-5-16(15)27-19/h2-7,12H,8-11,13H2,1H3. The number of alkyl halides is 2. The highest BCUT2D eigenvalue weighted by atomic mass is 19.3. The van der Waals surface area contributed by atoms with Crippen LogP contribution in [0.4, 0.5) is 14.6 Å². The molecule has 3 heterocycles. The van der Waals surface area contributed by atoms with E-state index in [1.54, 1.807) is 30.3 Å². The second-order valence-electron chi connectivity index (χ2n) is 7.05. The number of anilines is 1. The quantitative estimate of drug-likeness (QED) is 0.749. The molecule has 0 radical (unpaired) electrons. The van der Waals surface area contributed by atoms with Gasteiger partial charge in [0.15, 0.2) is 0 Å². The van der Waals surface area contributed by atoms with Gasteiger partial charge in [0.1, 0.15) is 17.2 Å². The van der Waals surface area contributed by atoms with Gasteiger partial charge in [-0.3, -0.25) is 0 Å². The number of ether oxygens (including phenoxy) is 2. The zero-order chi connectivity index (χ0) is 19.1. The Bertz CT molecular complexity index is 847. The molecular weight excluding hydrogens is 354 g/mol. The molecule has 0 bridgehead atoms. The van der Waals surface area contributed by atoms with E-state index < -0.39 is 17.5 Å². The van der Waals surface area contributed by atoms with Crippen molar-refractivity contribution in [3.8, 4) is 5.75 Å². The van der Waals surface area contributed by atoms with Crippen LogP contribution in [-0.4, -0.2) is 36.8 Å². The van der Waals surface area contributed by atoms with Gasteiger partial charge in [-0.25, -0.2) is 18.6 Å². The Labute approximate surface area is 155 Å². The van der Waals surface area contributed by atoms with E-state index in [4.69, 9.17) is 4.74 Å². The number of hydrogen-bond acceptors (Lipinski definition) is 5. The summed E-state index contributed by atoms with van der Waals surface area (Å²) in [6.45, 7) is 1.12. The van der Waals surface area contributed by atoms with Gasteiger partial charge in [0, 0.05) is 32.1 Å². The number of aromatic nitrogens is 1. The normalized spacial score (nSPS) is 19.9. The van der Waals surface area contributed by atoms with Crippen LogP contribution >= 0.6 is 0 Å². The number of halogens is 2. The average Bonchev–Trinajstić information content (AvgIpc) is 2.67. The number of nitrogens with zero attached hydrogens (tertiary/aromatic N) is 2. The first kappa shape index (κ1) is 17.7.